The predicted molar refractivity (Wildman–Crippen MR) is 49.1 cm³/mol. The Labute approximate surface area is 84.6 Å². The molecule has 1 aromatic rings. The number of carbonyl (C=O) groups is 1. The molecule has 0 saturated carbocycles. The zero-order valence-electron chi connectivity index (χ0n) is 10.1. The molecule has 5 N–H and O–H groups in total. The monoisotopic (exact) mass is 200 g/mol. The van der Waals surface area contributed by atoms with E-state index in [0.29, 0.717) is 0 Å². The molecule has 0 fully saturated rings. The van der Waals surface area contributed by atoms with Crippen LogP contribution >= 0.6 is 0 Å². The first-order chi connectivity index (χ1) is 7.77. The second-order valence-corrected chi connectivity index (χ2v) is 2.70. The fraction of sp³-hybridized carbons (Fsp3) is 0.222. The lowest BCUT2D eigenvalue weighted by Crippen LogP contribution is -2.32. The van der Waals surface area contributed by atoms with E-state index in [4.69, 9.17) is 15.0 Å². The van der Waals surface area contributed by atoms with Gasteiger partial charge in [0.05, 0.1) is 4.11 Å². The number of aliphatic carboxylic acids is 1. The van der Waals surface area contributed by atoms with E-state index in [2.05, 4.69) is 0 Å². The van der Waals surface area contributed by atoms with E-state index in [1.807, 2.05) is 0 Å². The third-order valence-electron chi connectivity index (χ3n) is 1.57. The molecule has 0 aliphatic rings. The van der Waals surface area contributed by atoms with Gasteiger partial charge >= 0.3 is 5.97 Å². The predicted octanol–water partition coefficient (Wildman–Crippen LogP) is 0.0522. The summed E-state index contributed by atoms with van der Waals surface area (Å²) in [5, 5.41) is 27.1. The van der Waals surface area contributed by atoms with Crippen LogP contribution in [0.4, 0.5) is 0 Å². The van der Waals surface area contributed by atoms with Crippen LogP contribution in [0.15, 0.2) is 18.1 Å². The normalized spacial score (nSPS) is 15.4. The number of aromatic hydroxyl groups is 2. The Kier molecular flexibility index (Phi) is 1.89. The van der Waals surface area contributed by atoms with Crippen molar-refractivity contribution >= 4 is 5.97 Å². The average molecular weight is 200 g/mol. The van der Waals surface area contributed by atoms with E-state index in [9.17, 15) is 15.0 Å². The molecule has 5 heteroatoms. The molecule has 0 saturated heterocycles. The van der Waals surface area contributed by atoms with Gasteiger partial charge in [-0.2, -0.15) is 0 Å². The van der Waals surface area contributed by atoms with Gasteiger partial charge in [-0.3, -0.25) is 4.79 Å². The summed E-state index contributed by atoms with van der Waals surface area (Å²) in [5.74, 6) is -3.03. The van der Waals surface area contributed by atoms with Crippen molar-refractivity contribution in [2.24, 2.45) is 5.73 Å². The Balaban J connectivity index is 3.30. The highest BCUT2D eigenvalue weighted by Gasteiger charge is 2.12. The van der Waals surface area contributed by atoms with Gasteiger partial charge in [-0.05, 0) is 24.1 Å². The van der Waals surface area contributed by atoms with Crippen LogP contribution in [-0.4, -0.2) is 27.3 Å². The molecular weight excluding hydrogens is 186 g/mol. The lowest BCUT2D eigenvalue weighted by atomic mass is 10.1. The maximum Gasteiger partial charge on any atom is 0.320 e. The van der Waals surface area contributed by atoms with Crippen LogP contribution in [0, 0.1) is 0 Å². The highest BCUT2D eigenvalue weighted by molar-refractivity contribution is 5.73. The van der Waals surface area contributed by atoms with Crippen molar-refractivity contribution in [2.75, 3.05) is 0 Å². The van der Waals surface area contributed by atoms with Crippen LogP contribution in [0.3, 0.4) is 0 Å². The summed E-state index contributed by atoms with van der Waals surface area (Å²) in [4.78, 5) is 10.6. The fourth-order valence-electron chi connectivity index (χ4n) is 0.837. The van der Waals surface area contributed by atoms with Crippen LogP contribution < -0.4 is 5.73 Å². The third kappa shape index (κ3) is 2.37. The molecule has 0 spiro atoms. The average Bonchev–Trinajstić information content (AvgIpc) is 2.29. The number of carboxylic acid groups (broad SMARTS) is 1. The first kappa shape index (κ1) is 6.67. The topological polar surface area (TPSA) is 104 Å². The highest BCUT2D eigenvalue weighted by Crippen LogP contribution is 2.25. The van der Waals surface area contributed by atoms with Crippen molar-refractivity contribution in [1.82, 2.24) is 0 Å². The minimum absolute atomic E-state index is 0.180. The number of phenolic OH excluding ortho intramolecular Hbond substituents is 2. The molecule has 0 unspecified atom stereocenters. The first-order valence-electron chi connectivity index (χ1n) is 5.26. The Bertz CT molecular complexity index is 449. The van der Waals surface area contributed by atoms with Crippen molar-refractivity contribution in [1.29, 1.82) is 0 Å². The molecule has 0 aliphatic carbocycles. The summed E-state index contributed by atoms with van der Waals surface area (Å²) in [7, 11) is 0. The molecule has 0 aromatic heterocycles. The van der Waals surface area contributed by atoms with E-state index in [1.54, 1.807) is 0 Å². The van der Waals surface area contributed by atoms with Crippen molar-refractivity contribution in [3.05, 3.63) is 23.7 Å². The second kappa shape index (κ2) is 3.97. The number of hydrogen-bond acceptors (Lipinski definition) is 4. The maximum absolute atomic E-state index is 10.6. The Hall–Kier alpha value is -1.75. The van der Waals surface area contributed by atoms with Gasteiger partial charge < -0.3 is 21.1 Å². The summed E-state index contributed by atoms with van der Waals surface area (Å²) in [5.41, 5.74) is 5.07. The Morgan fingerprint density at radius 3 is 2.71 bits per heavy atom. The van der Waals surface area contributed by atoms with E-state index >= 15 is 0 Å². The quantitative estimate of drug-likeness (QED) is 0.516. The van der Waals surface area contributed by atoms with Crippen molar-refractivity contribution < 1.29 is 24.2 Å². The summed E-state index contributed by atoms with van der Waals surface area (Å²) >= 11 is 0. The summed E-state index contributed by atoms with van der Waals surface area (Å²) in [6.07, 6.45) is -0.368. The lowest BCUT2D eigenvalue weighted by molar-refractivity contribution is -0.138. The summed E-state index contributed by atoms with van der Waals surface area (Å²) < 4.78 is 22.2. The molecule has 0 radical (unpaired) electrons. The smallest absolute Gasteiger partial charge is 0.320 e. The van der Waals surface area contributed by atoms with Gasteiger partial charge in [0.15, 0.2) is 11.5 Å². The number of benzene rings is 1. The Morgan fingerprint density at radius 2 is 2.14 bits per heavy atom. The molecular formula is C9H11NO4. The van der Waals surface area contributed by atoms with Crippen LogP contribution in [0.1, 0.15) is 9.68 Å². The highest BCUT2D eigenvalue weighted by atomic mass is 16.4. The molecule has 76 valence electrons. The molecule has 0 amide bonds. The number of rotatable bonds is 3. The van der Waals surface area contributed by atoms with Gasteiger partial charge in [-0.15, -0.1) is 0 Å². The zero-order chi connectivity index (χ0) is 13.3. The molecule has 0 bridgehead atoms. The van der Waals surface area contributed by atoms with Gasteiger partial charge in [0.1, 0.15) is 6.04 Å². The van der Waals surface area contributed by atoms with Crippen LogP contribution in [-0.2, 0) is 11.2 Å². The Morgan fingerprint density at radius 1 is 1.50 bits per heavy atom. The largest absolute Gasteiger partial charge is 0.504 e. The molecule has 1 atom stereocenters. The fourth-order valence-corrected chi connectivity index (χ4v) is 0.837. The van der Waals surface area contributed by atoms with Gasteiger partial charge in [-0.1, -0.05) is 6.04 Å². The molecule has 1 aromatic carbocycles. The molecule has 5 nitrogen and oxygen atoms in total. The van der Waals surface area contributed by atoms with E-state index in [-0.39, 0.29) is 12.0 Å². The van der Waals surface area contributed by atoms with Gasteiger partial charge in [0, 0.05) is 0 Å². The summed E-state index contributed by atoms with van der Waals surface area (Å²) in [6.45, 7) is 0. The molecule has 0 aliphatic heterocycles. The third-order valence-corrected chi connectivity index (χ3v) is 1.57. The van der Waals surface area contributed by atoms with Crippen molar-refractivity contribution in [3.8, 4) is 11.5 Å². The van der Waals surface area contributed by atoms with E-state index in [1.165, 1.54) is 0 Å². The molecule has 0 heterocycles. The van der Waals surface area contributed by atoms with Crippen LogP contribution in [0.25, 0.3) is 0 Å². The minimum atomic E-state index is -1.34. The molecule has 1 rings (SSSR count). The van der Waals surface area contributed by atoms with Gasteiger partial charge in [-0.25, -0.2) is 0 Å². The lowest BCUT2D eigenvalue weighted by Gasteiger charge is -2.06. The SMILES string of the molecule is [2H]c1c([2H])c(C[C@H](N)C(=O)O)c([2H])c(O)c1O. The van der Waals surface area contributed by atoms with Crippen molar-refractivity contribution in [2.45, 2.75) is 12.5 Å². The first-order valence-corrected chi connectivity index (χ1v) is 3.76. The standard InChI is InChI=1S/C9H11NO4/c10-6(9(13)14)3-5-1-2-7(11)8(12)4-5/h1-2,4,6,11-12H,3,10H2,(H,13,14)/t6-/m0/s1/i1D,2D,4D. The van der Waals surface area contributed by atoms with E-state index in [0.717, 1.165) is 0 Å². The molecule has 14 heavy (non-hydrogen) atoms. The number of nitrogens with two attached hydrogens (primary N) is 1. The number of hydrogen-bond donors (Lipinski definition) is 4. The van der Waals surface area contributed by atoms with E-state index < -0.39 is 41.6 Å². The zero-order valence-corrected chi connectivity index (χ0v) is 7.11. The summed E-state index contributed by atoms with van der Waals surface area (Å²) in [6, 6.07) is -3.10. The minimum Gasteiger partial charge on any atom is -0.504 e. The van der Waals surface area contributed by atoms with Crippen LogP contribution in [0.5, 0.6) is 11.5 Å². The number of phenols is 2. The number of carboxylic acids is 1. The van der Waals surface area contributed by atoms with Gasteiger partial charge in [0.2, 0.25) is 0 Å². The van der Waals surface area contributed by atoms with Crippen LogP contribution in [0.2, 0.25) is 0 Å². The van der Waals surface area contributed by atoms with Crippen molar-refractivity contribution in [3.63, 3.8) is 0 Å². The van der Waals surface area contributed by atoms with Gasteiger partial charge in [0.25, 0.3) is 0 Å². The second-order valence-electron chi connectivity index (χ2n) is 2.70. The maximum atomic E-state index is 10.6.